The van der Waals surface area contributed by atoms with Crippen LogP contribution in [0.4, 0.5) is 0 Å². The maximum Gasteiger partial charge on any atom is 0.257 e. The van der Waals surface area contributed by atoms with Crippen LogP contribution in [0.3, 0.4) is 0 Å². The molecule has 0 bridgehead atoms. The van der Waals surface area contributed by atoms with Gasteiger partial charge in [0, 0.05) is 12.1 Å². The molecule has 2 aliphatic carbocycles. The Hall–Kier alpha value is -1.91. The third kappa shape index (κ3) is 2.33. The third-order valence-electron chi connectivity index (χ3n) is 5.39. The van der Waals surface area contributed by atoms with Crippen molar-refractivity contribution >= 4 is 22.4 Å². The van der Waals surface area contributed by atoms with Gasteiger partial charge in [-0.15, -0.1) is 0 Å². The highest BCUT2D eigenvalue weighted by atomic mass is 32.1. The molecule has 0 saturated heterocycles. The maximum atomic E-state index is 12.3. The fraction of sp³-hybridized carbons (Fsp3) is 0.350. The molecule has 0 N–H and O–H groups in total. The molecule has 1 saturated carbocycles. The first-order valence-electron chi connectivity index (χ1n) is 8.73. The largest absolute Gasteiger partial charge is 0.280 e. The SMILES string of the molecule is O=c1sn(CN(C2CC2)C2CCc3ccccc32)c2ccccc12. The first-order chi connectivity index (χ1) is 11.8. The maximum absolute atomic E-state index is 12.3. The summed E-state index contributed by atoms with van der Waals surface area (Å²) in [5.41, 5.74) is 4.07. The Labute approximate surface area is 145 Å². The van der Waals surface area contributed by atoms with Gasteiger partial charge in [-0.3, -0.25) is 13.7 Å². The number of aryl methyl sites for hydroxylation is 1. The van der Waals surface area contributed by atoms with Crippen LogP contribution in [0, 0.1) is 0 Å². The average Bonchev–Trinajstić information content (AvgIpc) is 3.30. The van der Waals surface area contributed by atoms with E-state index in [0.29, 0.717) is 12.1 Å². The average molecular weight is 336 g/mol. The molecule has 0 amide bonds. The summed E-state index contributed by atoms with van der Waals surface area (Å²) >= 11 is 1.36. The molecule has 1 fully saturated rings. The predicted octanol–water partition coefficient (Wildman–Crippen LogP) is 4.17. The Morgan fingerprint density at radius 2 is 1.83 bits per heavy atom. The summed E-state index contributed by atoms with van der Waals surface area (Å²) in [5.74, 6) is 0. The summed E-state index contributed by atoms with van der Waals surface area (Å²) in [6.07, 6.45) is 4.94. The quantitative estimate of drug-likeness (QED) is 0.714. The highest BCUT2D eigenvalue weighted by Crippen LogP contribution is 2.42. The Balaban J connectivity index is 1.53. The molecule has 122 valence electrons. The molecular weight excluding hydrogens is 316 g/mol. The van der Waals surface area contributed by atoms with E-state index in [9.17, 15) is 4.79 Å². The Bertz CT molecular complexity index is 953. The summed E-state index contributed by atoms with van der Waals surface area (Å²) in [6.45, 7) is 0.830. The van der Waals surface area contributed by atoms with E-state index < -0.39 is 0 Å². The van der Waals surface area contributed by atoms with E-state index in [4.69, 9.17) is 0 Å². The van der Waals surface area contributed by atoms with Gasteiger partial charge in [-0.05, 0) is 60.5 Å². The van der Waals surface area contributed by atoms with Gasteiger partial charge in [-0.2, -0.15) is 0 Å². The second-order valence-electron chi connectivity index (χ2n) is 6.91. The normalized spacial score (nSPS) is 20.0. The first-order valence-corrected chi connectivity index (χ1v) is 9.51. The fourth-order valence-corrected chi connectivity index (χ4v) is 4.99. The standard InChI is InChI=1S/C20H20N2OS/c23-20-17-7-3-4-8-19(17)22(24-20)13-21(15-10-11-15)18-12-9-14-5-1-2-6-16(14)18/h1-8,15,18H,9-13H2. The molecule has 2 aliphatic rings. The van der Waals surface area contributed by atoms with E-state index in [0.717, 1.165) is 17.6 Å². The Kier molecular flexibility index (Phi) is 3.35. The van der Waals surface area contributed by atoms with Crippen molar-refractivity contribution in [2.45, 2.75) is 44.4 Å². The van der Waals surface area contributed by atoms with Crippen LogP contribution in [-0.2, 0) is 13.1 Å². The van der Waals surface area contributed by atoms with Crippen molar-refractivity contribution in [1.82, 2.24) is 8.86 Å². The number of hydrogen-bond acceptors (Lipinski definition) is 3. The van der Waals surface area contributed by atoms with E-state index >= 15 is 0 Å². The predicted molar refractivity (Wildman–Crippen MR) is 98.5 cm³/mol. The van der Waals surface area contributed by atoms with E-state index in [-0.39, 0.29) is 4.74 Å². The molecule has 3 aromatic rings. The van der Waals surface area contributed by atoms with Gasteiger partial charge in [0.1, 0.15) is 0 Å². The first kappa shape index (κ1) is 14.4. The molecule has 2 aromatic carbocycles. The van der Waals surface area contributed by atoms with Crippen molar-refractivity contribution < 1.29 is 0 Å². The van der Waals surface area contributed by atoms with Crippen LogP contribution in [0.25, 0.3) is 10.9 Å². The lowest BCUT2D eigenvalue weighted by atomic mass is 10.1. The van der Waals surface area contributed by atoms with Gasteiger partial charge in [-0.1, -0.05) is 36.4 Å². The molecule has 24 heavy (non-hydrogen) atoms. The zero-order chi connectivity index (χ0) is 16.1. The summed E-state index contributed by atoms with van der Waals surface area (Å²) < 4.78 is 2.37. The monoisotopic (exact) mass is 336 g/mol. The number of nitrogens with zero attached hydrogens (tertiary/aromatic N) is 2. The van der Waals surface area contributed by atoms with Gasteiger partial charge in [0.05, 0.1) is 17.6 Å². The van der Waals surface area contributed by atoms with Gasteiger partial charge in [0.25, 0.3) is 4.74 Å². The minimum atomic E-state index is 0.174. The molecule has 1 aromatic heterocycles. The molecule has 3 nitrogen and oxygen atoms in total. The molecule has 1 heterocycles. The van der Waals surface area contributed by atoms with Crippen LogP contribution in [0.15, 0.2) is 53.3 Å². The molecule has 0 radical (unpaired) electrons. The lowest BCUT2D eigenvalue weighted by Gasteiger charge is -2.30. The van der Waals surface area contributed by atoms with Gasteiger partial charge in [-0.25, -0.2) is 0 Å². The summed E-state index contributed by atoms with van der Waals surface area (Å²) in [6, 6.07) is 18.0. The number of para-hydroxylation sites is 1. The van der Waals surface area contributed by atoms with Gasteiger partial charge < -0.3 is 0 Å². The number of aromatic nitrogens is 1. The van der Waals surface area contributed by atoms with Gasteiger partial charge in [0.2, 0.25) is 0 Å². The molecule has 1 unspecified atom stereocenters. The van der Waals surface area contributed by atoms with E-state index in [2.05, 4.69) is 39.2 Å². The second kappa shape index (κ2) is 5.57. The molecule has 4 heteroatoms. The van der Waals surface area contributed by atoms with Crippen molar-refractivity contribution in [2.24, 2.45) is 0 Å². The fourth-order valence-electron chi connectivity index (χ4n) is 4.07. The topological polar surface area (TPSA) is 25.2 Å². The highest BCUT2D eigenvalue weighted by Gasteiger charge is 2.37. The Morgan fingerprint density at radius 1 is 1.04 bits per heavy atom. The molecular formula is C20H20N2OS. The Morgan fingerprint density at radius 3 is 2.71 bits per heavy atom. The molecule has 0 aliphatic heterocycles. The summed E-state index contributed by atoms with van der Waals surface area (Å²) in [4.78, 5) is 14.9. The van der Waals surface area contributed by atoms with Crippen molar-refractivity contribution in [2.75, 3.05) is 0 Å². The van der Waals surface area contributed by atoms with E-state index in [1.54, 1.807) is 0 Å². The highest BCUT2D eigenvalue weighted by molar-refractivity contribution is 7.05. The number of hydrogen-bond donors (Lipinski definition) is 0. The van der Waals surface area contributed by atoms with Gasteiger partial charge >= 0.3 is 0 Å². The van der Waals surface area contributed by atoms with Crippen LogP contribution >= 0.6 is 11.5 Å². The van der Waals surface area contributed by atoms with Gasteiger partial charge in [0.15, 0.2) is 0 Å². The van der Waals surface area contributed by atoms with E-state index in [1.807, 2.05) is 18.2 Å². The minimum Gasteiger partial charge on any atom is -0.280 e. The third-order valence-corrected chi connectivity index (χ3v) is 6.31. The zero-order valence-corrected chi connectivity index (χ0v) is 14.3. The van der Waals surface area contributed by atoms with Crippen LogP contribution < -0.4 is 4.74 Å². The summed E-state index contributed by atoms with van der Waals surface area (Å²) in [7, 11) is 0. The lowest BCUT2D eigenvalue weighted by Crippen LogP contribution is -2.31. The smallest absolute Gasteiger partial charge is 0.257 e. The minimum absolute atomic E-state index is 0.174. The van der Waals surface area contributed by atoms with Crippen molar-refractivity contribution in [1.29, 1.82) is 0 Å². The molecule has 0 spiro atoms. The van der Waals surface area contributed by atoms with Crippen LogP contribution in [0.5, 0.6) is 0 Å². The van der Waals surface area contributed by atoms with E-state index in [1.165, 1.54) is 48.3 Å². The number of benzene rings is 2. The molecule has 1 atom stereocenters. The van der Waals surface area contributed by atoms with Crippen molar-refractivity contribution in [3.05, 3.63) is 69.2 Å². The van der Waals surface area contributed by atoms with Crippen molar-refractivity contribution in [3.63, 3.8) is 0 Å². The van der Waals surface area contributed by atoms with Crippen molar-refractivity contribution in [3.8, 4) is 0 Å². The number of fused-ring (bicyclic) bond motifs is 2. The van der Waals surface area contributed by atoms with Crippen LogP contribution in [0.1, 0.15) is 36.4 Å². The second-order valence-corrected chi connectivity index (χ2v) is 7.91. The summed E-state index contributed by atoms with van der Waals surface area (Å²) in [5, 5.41) is 0.852. The van der Waals surface area contributed by atoms with Crippen LogP contribution in [0.2, 0.25) is 0 Å². The van der Waals surface area contributed by atoms with Crippen LogP contribution in [-0.4, -0.2) is 14.9 Å². The lowest BCUT2D eigenvalue weighted by molar-refractivity contribution is 0.148. The molecule has 5 rings (SSSR count). The number of rotatable bonds is 4. The zero-order valence-electron chi connectivity index (χ0n) is 13.5.